The van der Waals surface area contributed by atoms with Gasteiger partial charge in [-0.2, -0.15) is 0 Å². The Balaban J connectivity index is 1.58. The van der Waals surface area contributed by atoms with E-state index in [-0.39, 0.29) is 5.91 Å². The molecule has 0 aliphatic heterocycles. The van der Waals surface area contributed by atoms with Crippen molar-refractivity contribution in [3.63, 3.8) is 0 Å². The van der Waals surface area contributed by atoms with Crippen LogP contribution in [0.5, 0.6) is 0 Å². The van der Waals surface area contributed by atoms with Crippen molar-refractivity contribution in [3.05, 3.63) is 65.2 Å². The standard InChI is InChI=1S/C19H19ClN4OS/c1-2-24-18(15-6-4-3-5-7-15)22-23-19(24)26-13-17(25)21-12-14-8-10-16(20)11-9-14/h3-11H,2,12-13H2,1H3,(H,21,25). The average molecular weight is 387 g/mol. The smallest absolute Gasteiger partial charge is 0.230 e. The lowest BCUT2D eigenvalue weighted by Crippen LogP contribution is -2.24. The van der Waals surface area contributed by atoms with E-state index < -0.39 is 0 Å². The Bertz CT molecular complexity index is 865. The average Bonchev–Trinajstić information content (AvgIpc) is 3.09. The van der Waals surface area contributed by atoms with Crippen molar-refractivity contribution in [1.29, 1.82) is 0 Å². The maximum absolute atomic E-state index is 12.1. The molecular formula is C19H19ClN4OS. The van der Waals surface area contributed by atoms with Crippen LogP contribution in [0.4, 0.5) is 0 Å². The molecule has 3 rings (SSSR count). The quantitative estimate of drug-likeness (QED) is 0.623. The predicted octanol–water partition coefficient (Wildman–Crippen LogP) is 4.03. The van der Waals surface area contributed by atoms with Crippen LogP contribution in [0.15, 0.2) is 59.8 Å². The summed E-state index contributed by atoms with van der Waals surface area (Å²) in [5.74, 6) is 1.06. The largest absolute Gasteiger partial charge is 0.351 e. The first-order valence-electron chi connectivity index (χ1n) is 8.30. The topological polar surface area (TPSA) is 59.8 Å². The number of hydrogen-bond acceptors (Lipinski definition) is 4. The van der Waals surface area contributed by atoms with Crippen LogP contribution in [0.2, 0.25) is 5.02 Å². The number of nitrogens with one attached hydrogen (secondary N) is 1. The zero-order valence-electron chi connectivity index (χ0n) is 14.4. The van der Waals surface area contributed by atoms with E-state index in [0.29, 0.717) is 17.3 Å². The number of carbonyl (C=O) groups is 1. The molecule has 0 aliphatic rings. The second-order valence-corrected chi connectivity index (χ2v) is 6.99. The van der Waals surface area contributed by atoms with Gasteiger partial charge in [0.2, 0.25) is 5.91 Å². The molecule has 3 aromatic rings. The van der Waals surface area contributed by atoms with Gasteiger partial charge in [0.05, 0.1) is 5.75 Å². The van der Waals surface area contributed by atoms with Gasteiger partial charge in [-0.15, -0.1) is 10.2 Å². The summed E-state index contributed by atoms with van der Waals surface area (Å²) >= 11 is 7.25. The number of thioether (sulfide) groups is 1. The normalized spacial score (nSPS) is 10.7. The molecule has 0 atom stereocenters. The zero-order valence-corrected chi connectivity index (χ0v) is 15.9. The molecule has 0 radical (unpaired) electrons. The van der Waals surface area contributed by atoms with Gasteiger partial charge in [0.1, 0.15) is 0 Å². The summed E-state index contributed by atoms with van der Waals surface area (Å²) < 4.78 is 2.02. The third kappa shape index (κ3) is 4.65. The maximum Gasteiger partial charge on any atom is 0.230 e. The highest BCUT2D eigenvalue weighted by atomic mass is 35.5. The predicted molar refractivity (Wildman–Crippen MR) is 105 cm³/mol. The highest BCUT2D eigenvalue weighted by molar-refractivity contribution is 7.99. The molecule has 134 valence electrons. The van der Waals surface area contributed by atoms with Crippen LogP contribution in [-0.2, 0) is 17.9 Å². The number of benzene rings is 2. The Morgan fingerprint density at radius 2 is 1.85 bits per heavy atom. The van der Waals surface area contributed by atoms with Gasteiger partial charge in [0.15, 0.2) is 11.0 Å². The van der Waals surface area contributed by atoms with Crippen LogP contribution in [0.25, 0.3) is 11.4 Å². The molecule has 0 aliphatic carbocycles. The summed E-state index contributed by atoms with van der Waals surface area (Å²) in [7, 11) is 0. The van der Waals surface area contributed by atoms with E-state index in [1.54, 1.807) is 0 Å². The molecule has 5 nitrogen and oxygen atoms in total. The van der Waals surface area contributed by atoms with Crippen LogP contribution >= 0.6 is 23.4 Å². The highest BCUT2D eigenvalue weighted by Gasteiger charge is 2.14. The Kier molecular flexibility index (Phi) is 6.30. The van der Waals surface area contributed by atoms with Crippen molar-refractivity contribution < 1.29 is 4.79 Å². The summed E-state index contributed by atoms with van der Waals surface area (Å²) in [5, 5.41) is 12.9. The van der Waals surface area contributed by atoms with Crippen LogP contribution in [0.1, 0.15) is 12.5 Å². The van der Waals surface area contributed by atoms with Gasteiger partial charge in [-0.05, 0) is 24.6 Å². The molecular weight excluding hydrogens is 368 g/mol. The molecule has 1 amide bonds. The van der Waals surface area contributed by atoms with Crippen molar-refractivity contribution in [2.45, 2.75) is 25.2 Å². The summed E-state index contributed by atoms with van der Waals surface area (Å²) in [6.45, 7) is 3.26. The van der Waals surface area contributed by atoms with Gasteiger partial charge in [0, 0.05) is 23.7 Å². The molecule has 0 bridgehead atoms. The molecule has 0 saturated carbocycles. The van der Waals surface area contributed by atoms with E-state index in [9.17, 15) is 4.79 Å². The lowest BCUT2D eigenvalue weighted by Gasteiger charge is -2.08. The second kappa shape index (κ2) is 8.87. The van der Waals surface area contributed by atoms with Gasteiger partial charge in [-0.25, -0.2) is 0 Å². The number of hydrogen-bond donors (Lipinski definition) is 1. The van der Waals surface area contributed by atoms with Gasteiger partial charge in [-0.1, -0.05) is 65.8 Å². The van der Waals surface area contributed by atoms with Crippen molar-refractivity contribution >= 4 is 29.3 Å². The fourth-order valence-corrected chi connectivity index (χ4v) is 3.42. The first kappa shape index (κ1) is 18.5. The molecule has 26 heavy (non-hydrogen) atoms. The van der Waals surface area contributed by atoms with Gasteiger partial charge in [0.25, 0.3) is 0 Å². The molecule has 0 saturated heterocycles. The van der Waals surface area contributed by atoms with Crippen LogP contribution < -0.4 is 5.32 Å². The minimum Gasteiger partial charge on any atom is -0.351 e. The second-order valence-electron chi connectivity index (χ2n) is 5.61. The molecule has 0 spiro atoms. The first-order valence-corrected chi connectivity index (χ1v) is 9.66. The molecule has 0 fully saturated rings. The minimum absolute atomic E-state index is 0.0446. The van der Waals surface area contributed by atoms with E-state index in [1.807, 2.05) is 66.1 Å². The molecule has 1 heterocycles. The lowest BCUT2D eigenvalue weighted by atomic mass is 10.2. The first-order chi connectivity index (χ1) is 12.7. The number of amides is 1. The van der Waals surface area contributed by atoms with E-state index in [2.05, 4.69) is 15.5 Å². The van der Waals surface area contributed by atoms with Gasteiger partial charge in [-0.3, -0.25) is 4.79 Å². The number of aromatic nitrogens is 3. The third-order valence-electron chi connectivity index (χ3n) is 3.80. The van der Waals surface area contributed by atoms with Crippen LogP contribution in [0, 0.1) is 0 Å². The number of rotatable bonds is 7. The highest BCUT2D eigenvalue weighted by Crippen LogP contribution is 2.23. The fourth-order valence-electron chi connectivity index (χ4n) is 2.47. The summed E-state index contributed by atoms with van der Waals surface area (Å²) in [6, 6.07) is 17.3. The summed E-state index contributed by atoms with van der Waals surface area (Å²) in [6.07, 6.45) is 0. The van der Waals surface area contributed by atoms with Crippen molar-refractivity contribution in [2.75, 3.05) is 5.75 Å². The molecule has 0 unspecified atom stereocenters. The Labute approximate surface area is 161 Å². The maximum atomic E-state index is 12.1. The van der Waals surface area contributed by atoms with Crippen molar-refractivity contribution in [3.8, 4) is 11.4 Å². The Hall–Kier alpha value is -2.31. The van der Waals surface area contributed by atoms with Crippen molar-refractivity contribution in [1.82, 2.24) is 20.1 Å². The van der Waals surface area contributed by atoms with E-state index in [1.165, 1.54) is 11.8 Å². The Morgan fingerprint density at radius 1 is 1.12 bits per heavy atom. The summed E-state index contributed by atoms with van der Waals surface area (Å²) in [4.78, 5) is 12.1. The monoisotopic (exact) mass is 386 g/mol. The van der Waals surface area contributed by atoms with Crippen LogP contribution in [0.3, 0.4) is 0 Å². The van der Waals surface area contributed by atoms with Gasteiger partial charge < -0.3 is 9.88 Å². The molecule has 7 heteroatoms. The molecule has 1 N–H and O–H groups in total. The SMILES string of the molecule is CCn1c(SCC(=O)NCc2ccc(Cl)cc2)nnc1-c1ccccc1. The van der Waals surface area contributed by atoms with Crippen molar-refractivity contribution in [2.24, 2.45) is 0 Å². The molecule has 2 aromatic carbocycles. The number of nitrogens with zero attached hydrogens (tertiary/aromatic N) is 3. The summed E-state index contributed by atoms with van der Waals surface area (Å²) in [5.41, 5.74) is 2.02. The zero-order chi connectivity index (χ0) is 18.4. The van der Waals surface area contributed by atoms with E-state index in [0.717, 1.165) is 28.7 Å². The number of carbonyl (C=O) groups excluding carboxylic acids is 1. The van der Waals surface area contributed by atoms with E-state index >= 15 is 0 Å². The minimum atomic E-state index is -0.0446. The Morgan fingerprint density at radius 3 is 2.54 bits per heavy atom. The van der Waals surface area contributed by atoms with Gasteiger partial charge >= 0.3 is 0 Å². The van der Waals surface area contributed by atoms with Crippen LogP contribution in [-0.4, -0.2) is 26.4 Å². The lowest BCUT2D eigenvalue weighted by molar-refractivity contribution is -0.118. The van der Waals surface area contributed by atoms with E-state index in [4.69, 9.17) is 11.6 Å². The molecule has 1 aromatic heterocycles. The fraction of sp³-hybridized carbons (Fsp3) is 0.211. The number of halogens is 1. The third-order valence-corrected chi connectivity index (χ3v) is 5.02.